The average Bonchev–Trinajstić information content (AvgIpc) is 3.11. The SMILES string of the molecule is CCNC(=O)C1Cc2cccnc2N1C(=O)[C@@H](NC(=O)[C@H](CC)NC)[C@@H](C)CC. The number of amides is 3. The normalized spacial score (nSPS) is 18.5. The van der Waals surface area contributed by atoms with Crippen LogP contribution in [0, 0.1) is 5.92 Å². The van der Waals surface area contributed by atoms with Crippen molar-refractivity contribution in [3.05, 3.63) is 23.9 Å². The molecule has 1 aromatic rings. The van der Waals surface area contributed by atoms with Crippen molar-refractivity contribution >= 4 is 23.5 Å². The van der Waals surface area contributed by atoms with Crippen molar-refractivity contribution in [1.82, 2.24) is 20.9 Å². The number of nitrogens with one attached hydrogen (secondary N) is 3. The molecule has 1 aliphatic heterocycles. The molecule has 0 fully saturated rings. The molecule has 2 heterocycles. The molecule has 3 N–H and O–H groups in total. The van der Waals surface area contributed by atoms with Gasteiger partial charge < -0.3 is 16.0 Å². The highest BCUT2D eigenvalue weighted by Gasteiger charge is 2.43. The van der Waals surface area contributed by atoms with E-state index in [1.807, 2.05) is 33.8 Å². The van der Waals surface area contributed by atoms with Gasteiger partial charge in [-0.1, -0.05) is 33.3 Å². The first-order chi connectivity index (χ1) is 13.9. The molecule has 8 nitrogen and oxygen atoms in total. The summed E-state index contributed by atoms with van der Waals surface area (Å²) in [5.74, 6) is -0.328. The van der Waals surface area contributed by atoms with E-state index in [0.717, 1.165) is 5.56 Å². The lowest BCUT2D eigenvalue weighted by Gasteiger charge is -2.32. The number of hydrogen-bond donors (Lipinski definition) is 3. The number of rotatable bonds is 9. The third-order valence-corrected chi connectivity index (χ3v) is 5.56. The molecular formula is C21H33N5O3. The average molecular weight is 404 g/mol. The minimum Gasteiger partial charge on any atom is -0.355 e. The highest BCUT2D eigenvalue weighted by Crippen LogP contribution is 2.31. The van der Waals surface area contributed by atoms with E-state index in [0.29, 0.717) is 31.6 Å². The molecular weight excluding hydrogens is 370 g/mol. The van der Waals surface area contributed by atoms with Gasteiger partial charge in [0.2, 0.25) is 11.8 Å². The van der Waals surface area contributed by atoms with Gasteiger partial charge in [-0.25, -0.2) is 4.98 Å². The van der Waals surface area contributed by atoms with Gasteiger partial charge in [-0.05, 0) is 37.9 Å². The summed E-state index contributed by atoms with van der Waals surface area (Å²) in [6.45, 7) is 8.14. The van der Waals surface area contributed by atoms with Crippen LogP contribution in [0.1, 0.15) is 46.1 Å². The van der Waals surface area contributed by atoms with E-state index >= 15 is 0 Å². The van der Waals surface area contributed by atoms with E-state index in [-0.39, 0.29) is 29.7 Å². The minimum atomic E-state index is -0.736. The van der Waals surface area contributed by atoms with Crippen LogP contribution in [-0.2, 0) is 20.8 Å². The molecule has 29 heavy (non-hydrogen) atoms. The van der Waals surface area contributed by atoms with Crippen LogP contribution in [0.25, 0.3) is 0 Å². The Balaban J connectivity index is 2.38. The number of hydrogen-bond acceptors (Lipinski definition) is 5. The number of aromatic nitrogens is 1. The molecule has 1 aromatic heterocycles. The van der Waals surface area contributed by atoms with E-state index in [1.54, 1.807) is 19.3 Å². The summed E-state index contributed by atoms with van der Waals surface area (Å²) in [7, 11) is 1.72. The van der Waals surface area contributed by atoms with Crippen molar-refractivity contribution in [2.24, 2.45) is 5.92 Å². The Labute approximate surface area is 172 Å². The molecule has 0 saturated carbocycles. The molecule has 160 valence electrons. The second kappa shape index (κ2) is 10.3. The quantitative estimate of drug-likeness (QED) is 0.571. The molecule has 3 amide bonds. The Kier molecular flexibility index (Phi) is 8.13. The lowest BCUT2D eigenvalue weighted by atomic mass is 9.96. The van der Waals surface area contributed by atoms with Gasteiger partial charge in [0.05, 0.1) is 6.04 Å². The topological polar surface area (TPSA) is 103 Å². The number of fused-ring (bicyclic) bond motifs is 1. The monoisotopic (exact) mass is 403 g/mol. The fraction of sp³-hybridized carbons (Fsp3) is 0.619. The molecule has 1 aliphatic rings. The lowest BCUT2D eigenvalue weighted by Crippen LogP contribution is -2.58. The zero-order valence-corrected chi connectivity index (χ0v) is 18.0. The van der Waals surface area contributed by atoms with E-state index < -0.39 is 12.1 Å². The highest BCUT2D eigenvalue weighted by molar-refractivity contribution is 6.06. The molecule has 1 unspecified atom stereocenters. The number of carbonyl (C=O) groups excluding carboxylic acids is 3. The first-order valence-corrected chi connectivity index (χ1v) is 10.4. The third kappa shape index (κ3) is 4.93. The fourth-order valence-electron chi connectivity index (χ4n) is 3.62. The molecule has 0 aromatic carbocycles. The van der Waals surface area contributed by atoms with Gasteiger partial charge >= 0.3 is 0 Å². The Morgan fingerprint density at radius 3 is 2.55 bits per heavy atom. The highest BCUT2D eigenvalue weighted by atomic mass is 16.2. The van der Waals surface area contributed by atoms with Crippen molar-refractivity contribution in [1.29, 1.82) is 0 Å². The molecule has 4 atom stereocenters. The van der Waals surface area contributed by atoms with Crippen LogP contribution < -0.4 is 20.9 Å². The summed E-state index contributed by atoms with van der Waals surface area (Å²) in [5, 5.41) is 8.69. The maximum atomic E-state index is 13.6. The van der Waals surface area contributed by atoms with Gasteiger partial charge in [0.15, 0.2) is 0 Å². The van der Waals surface area contributed by atoms with E-state index in [4.69, 9.17) is 0 Å². The van der Waals surface area contributed by atoms with Gasteiger partial charge in [0, 0.05) is 19.2 Å². The number of nitrogens with zero attached hydrogens (tertiary/aromatic N) is 2. The number of anilines is 1. The summed E-state index contributed by atoms with van der Waals surface area (Å²) < 4.78 is 0. The predicted molar refractivity (Wildman–Crippen MR) is 112 cm³/mol. The summed E-state index contributed by atoms with van der Waals surface area (Å²) >= 11 is 0. The van der Waals surface area contributed by atoms with Gasteiger partial charge in [0.25, 0.3) is 5.91 Å². The van der Waals surface area contributed by atoms with E-state index in [2.05, 4.69) is 20.9 Å². The Morgan fingerprint density at radius 2 is 1.97 bits per heavy atom. The van der Waals surface area contributed by atoms with Crippen LogP contribution >= 0.6 is 0 Å². The first kappa shape index (κ1) is 22.8. The minimum absolute atomic E-state index is 0.0940. The number of likely N-dealkylation sites (N-methyl/N-ethyl adjacent to an activating group) is 2. The van der Waals surface area contributed by atoms with Crippen molar-refractivity contribution in [2.45, 2.75) is 65.1 Å². The lowest BCUT2D eigenvalue weighted by molar-refractivity contribution is -0.131. The summed E-state index contributed by atoms with van der Waals surface area (Å²) in [5.41, 5.74) is 0.855. The van der Waals surface area contributed by atoms with Crippen LogP contribution in [0.4, 0.5) is 5.82 Å². The third-order valence-electron chi connectivity index (χ3n) is 5.56. The predicted octanol–water partition coefficient (Wildman–Crippen LogP) is 1.00. The maximum absolute atomic E-state index is 13.6. The summed E-state index contributed by atoms with van der Waals surface area (Å²) in [4.78, 5) is 44.8. The van der Waals surface area contributed by atoms with Crippen LogP contribution in [0.3, 0.4) is 0 Å². The first-order valence-electron chi connectivity index (χ1n) is 10.4. The van der Waals surface area contributed by atoms with Crippen molar-refractivity contribution < 1.29 is 14.4 Å². The smallest absolute Gasteiger partial charge is 0.251 e. The van der Waals surface area contributed by atoms with E-state index in [1.165, 1.54) is 4.90 Å². The van der Waals surface area contributed by atoms with Gasteiger partial charge in [-0.3, -0.25) is 19.3 Å². The molecule has 0 aliphatic carbocycles. The Bertz CT molecular complexity index is 735. The maximum Gasteiger partial charge on any atom is 0.251 e. The van der Waals surface area contributed by atoms with Crippen LogP contribution in [0.2, 0.25) is 0 Å². The second-order valence-corrected chi connectivity index (χ2v) is 7.43. The standard InChI is InChI=1S/C21H33N5O3/c1-6-13(4)17(25-19(27)15(7-2)22-5)21(29)26-16(20(28)23-8-3)12-14-10-9-11-24-18(14)26/h9-11,13,15-17,22H,6-8,12H2,1-5H3,(H,23,28)(H,25,27)/t13-,15-,16?,17-/m0/s1. The number of pyridine rings is 1. The molecule has 0 saturated heterocycles. The fourth-order valence-corrected chi connectivity index (χ4v) is 3.62. The summed E-state index contributed by atoms with van der Waals surface area (Å²) in [6.07, 6.45) is 3.35. The Hall–Kier alpha value is -2.48. The zero-order chi connectivity index (χ0) is 21.6. The number of carbonyl (C=O) groups is 3. The van der Waals surface area contributed by atoms with Crippen molar-refractivity contribution in [3.63, 3.8) is 0 Å². The summed E-state index contributed by atoms with van der Waals surface area (Å²) in [6, 6.07) is 1.90. The van der Waals surface area contributed by atoms with Gasteiger partial charge in [-0.2, -0.15) is 0 Å². The van der Waals surface area contributed by atoms with Gasteiger partial charge in [-0.15, -0.1) is 0 Å². The van der Waals surface area contributed by atoms with Crippen LogP contribution in [0.5, 0.6) is 0 Å². The van der Waals surface area contributed by atoms with Crippen molar-refractivity contribution in [2.75, 3.05) is 18.5 Å². The van der Waals surface area contributed by atoms with Crippen LogP contribution in [-0.4, -0.2) is 54.4 Å². The molecule has 0 spiro atoms. The molecule has 0 bridgehead atoms. The Morgan fingerprint density at radius 1 is 1.24 bits per heavy atom. The van der Waals surface area contributed by atoms with Crippen LogP contribution in [0.15, 0.2) is 18.3 Å². The van der Waals surface area contributed by atoms with Crippen molar-refractivity contribution in [3.8, 4) is 0 Å². The van der Waals surface area contributed by atoms with E-state index in [9.17, 15) is 14.4 Å². The molecule has 0 radical (unpaired) electrons. The van der Waals surface area contributed by atoms with Gasteiger partial charge in [0.1, 0.15) is 17.9 Å². The molecule has 8 heteroatoms. The largest absolute Gasteiger partial charge is 0.355 e. The molecule has 2 rings (SSSR count). The zero-order valence-electron chi connectivity index (χ0n) is 18.0. The second-order valence-electron chi connectivity index (χ2n) is 7.43.